The van der Waals surface area contributed by atoms with Crippen LogP contribution in [0.25, 0.3) is 0 Å². The second-order valence-electron chi connectivity index (χ2n) is 9.99. The van der Waals surface area contributed by atoms with E-state index in [2.05, 4.69) is 85.6 Å². The maximum atomic E-state index is 6.88. The topological polar surface area (TPSA) is 27.7 Å². The van der Waals surface area contributed by atoms with Gasteiger partial charge in [-0.1, -0.05) is 0 Å². The van der Waals surface area contributed by atoms with Gasteiger partial charge in [-0.2, -0.15) is 0 Å². The molecule has 0 fully saturated rings. The van der Waals surface area contributed by atoms with Crippen LogP contribution in [-0.2, 0) is 27.1 Å². The monoisotopic (exact) mass is 670 g/mol. The molecule has 2 aromatic carbocycles. The van der Waals surface area contributed by atoms with Crippen LogP contribution in [0.2, 0.25) is 19.8 Å². The van der Waals surface area contributed by atoms with Crippen molar-refractivity contribution < 1.29 is 7.56 Å². The van der Waals surface area contributed by atoms with Crippen LogP contribution < -0.4 is 6.15 Å². The van der Waals surface area contributed by atoms with Crippen molar-refractivity contribution in [1.29, 1.82) is 0 Å². The van der Waals surface area contributed by atoms with Crippen LogP contribution in [0.5, 0.6) is 11.5 Å². The average Bonchev–Trinajstić information content (AvgIpc) is 2.72. The van der Waals surface area contributed by atoms with Crippen molar-refractivity contribution >= 4 is 38.4 Å². The van der Waals surface area contributed by atoms with E-state index in [-0.39, 0.29) is 0 Å². The molecule has 0 aliphatic rings. The molecule has 0 aliphatic heterocycles. The fraction of sp³-hybridized carbons (Fsp3) is 0.571. The summed E-state index contributed by atoms with van der Waals surface area (Å²) < 4.78 is 20.4. The van der Waals surface area contributed by atoms with Gasteiger partial charge in [0.25, 0.3) is 0 Å². The summed E-state index contributed by atoms with van der Waals surface area (Å²) in [6.45, 7) is 13.4. The molecule has 0 saturated heterocycles. The molecule has 0 heterocycles. The van der Waals surface area contributed by atoms with E-state index >= 15 is 0 Å². The molecule has 0 aromatic heterocycles. The number of aryl methyl sites for hydroxylation is 2. The Bertz CT molecular complexity index is 860. The third-order valence-corrected chi connectivity index (χ3v) is 31.8. The third kappa shape index (κ3) is 7.79. The van der Waals surface area contributed by atoms with Gasteiger partial charge in [0.05, 0.1) is 0 Å². The molecule has 184 valence electrons. The molecule has 0 aliphatic carbocycles. The molecule has 0 N–H and O–H groups in total. The molecule has 0 atom stereocenters. The normalized spacial score (nSPS) is 12.2. The summed E-state index contributed by atoms with van der Waals surface area (Å²) in [5.74, 6) is 2.08. The van der Waals surface area contributed by atoms with Gasteiger partial charge in [-0.05, 0) is 0 Å². The Balaban J connectivity index is 2.30. The van der Waals surface area contributed by atoms with Crippen molar-refractivity contribution in [3.63, 3.8) is 0 Å². The zero-order valence-corrected chi connectivity index (χ0v) is 28.5. The standard InChI is InChI=1S/2C12H18O.4CH3.O.2Sn/c2*1-4-6-11-10(5-2)9(3)7-8-12(11)13;;;;;;;/h2*7-8,13H,4-6H2,1-3H3;4*1H3;;;/q;;;;;;;2*+1/p-2. The van der Waals surface area contributed by atoms with E-state index in [1.54, 1.807) is 0 Å². The Hall–Kier alpha value is -0.403. The first-order valence-corrected chi connectivity index (χ1v) is 28.9. The zero-order chi connectivity index (χ0) is 24.8. The van der Waals surface area contributed by atoms with Crippen LogP contribution in [0.3, 0.4) is 0 Å². The first-order valence-electron chi connectivity index (χ1n) is 12.8. The van der Waals surface area contributed by atoms with Gasteiger partial charge in [-0.15, -0.1) is 0 Å². The van der Waals surface area contributed by atoms with Gasteiger partial charge in [0.2, 0.25) is 0 Å². The Labute approximate surface area is 213 Å². The number of benzene rings is 2. The molecular formula is C28H46O3Sn2. The molecule has 5 heteroatoms. The molecule has 0 amide bonds. The molecule has 2 rings (SSSR count). The van der Waals surface area contributed by atoms with Gasteiger partial charge in [0, 0.05) is 0 Å². The Morgan fingerprint density at radius 2 is 0.939 bits per heavy atom. The van der Waals surface area contributed by atoms with Gasteiger partial charge in [0.1, 0.15) is 0 Å². The summed E-state index contributed by atoms with van der Waals surface area (Å²) in [6.07, 6.45) is 6.41. The predicted molar refractivity (Wildman–Crippen MR) is 146 cm³/mol. The van der Waals surface area contributed by atoms with Gasteiger partial charge < -0.3 is 0 Å². The Morgan fingerprint density at radius 3 is 1.24 bits per heavy atom. The summed E-state index contributed by atoms with van der Waals surface area (Å²) in [4.78, 5) is 8.93. The predicted octanol–water partition coefficient (Wildman–Crippen LogP) is 8.21. The van der Waals surface area contributed by atoms with Gasteiger partial charge in [-0.25, -0.2) is 0 Å². The Morgan fingerprint density at radius 1 is 0.576 bits per heavy atom. The number of hydrogen-bond donors (Lipinski definition) is 0. The molecule has 2 aromatic rings. The van der Waals surface area contributed by atoms with Crippen LogP contribution >= 0.6 is 0 Å². The molecule has 33 heavy (non-hydrogen) atoms. The summed E-state index contributed by atoms with van der Waals surface area (Å²) in [5, 5.41) is 0. The van der Waals surface area contributed by atoms with Gasteiger partial charge >= 0.3 is 215 Å². The van der Waals surface area contributed by atoms with Crippen molar-refractivity contribution in [3.05, 3.63) is 57.6 Å². The molecular weight excluding hydrogens is 622 g/mol. The van der Waals surface area contributed by atoms with Gasteiger partial charge in [0.15, 0.2) is 0 Å². The van der Waals surface area contributed by atoms with Gasteiger partial charge in [-0.3, -0.25) is 0 Å². The van der Waals surface area contributed by atoms with Crippen LogP contribution in [0.4, 0.5) is 0 Å². The summed E-state index contributed by atoms with van der Waals surface area (Å²) in [5.41, 5.74) is 8.34. The van der Waals surface area contributed by atoms with Crippen molar-refractivity contribution in [1.82, 2.24) is 0 Å². The zero-order valence-electron chi connectivity index (χ0n) is 22.8. The minimum atomic E-state index is -3.31. The van der Waals surface area contributed by atoms with Crippen LogP contribution in [0, 0.1) is 13.8 Å². The first kappa shape index (κ1) is 28.8. The average molecular weight is 668 g/mol. The Kier molecular flexibility index (Phi) is 10.9. The fourth-order valence-electron chi connectivity index (χ4n) is 4.96. The van der Waals surface area contributed by atoms with E-state index in [1.807, 2.05) is 0 Å². The summed E-state index contributed by atoms with van der Waals surface area (Å²) in [7, 11) is 0. The van der Waals surface area contributed by atoms with Crippen molar-refractivity contribution in [2.24, 2.45) is 0 Å². The van der Waals surface area contributed by atoms with E-state index in [4.69, 9.17) is 7.56 Å². The van der Waals surface area contributed by atoms with E-state index in [1.165, 1.54) is 33.4 Å². The van der Waals surface area contributed by atoms with E-state index < -0.39 is 38.4 Å². The third-order valence-electron chi connectivity index (χ3n) is 6.16. The van der Waals surface area contributed by atoms with E-state index in [0.29, 0.717) is 0 Å². The molecule has 3 nitrogen and oxygen atoms in total. The maximum absolute atomic E-state index is 6.88. The quantitative estimate of drug-likeness (QED) is 0.214. The first-order chi connectivity index (χ1) is 15.5. The van der Waals surface area contributed by atoms with Crippen LogP contribution in [-0.4, -0.2) is 38.4 Å². The summed E-state index contributed by atoms with van der Waals surface area (Å²) in [6, 6.07) is 8.74. The van der Waals surface area contributed by atoms with E-state index in [9.17, 15) is 0 Å². The molecule has 0 radical (unpaired) electrons. The van der Waals surface area contributed by atoms with Crippen molar-refractivity contribution in [3.8, 4) is 11.5 Å². The van der Waals surface area contributed by atoms with Crippen LogP contribution in [0.15, 0.2) is 24.3 Å². The molecule has 0 saturated carbocycles. The van der Waals surface area contributed by atoms with Crippen molar-refractivity contribution in [2.45, 2.75) is 99.8 Å². The number of hydrogen-bond acceptors (Lipinski definition) is 3. The SMILES string of the molecule is CCCc1c([O][Sn]([CH3])([CH3])[O][Sn]([CH3])([CH3])[O]c2ccc(C)c(CC)c2CCC)ccc(C)c1CC. The van der Waals surface area contributed by atoms with E-state index in [0.717, 1.165) is 50.0 Å². The second kappa shape index (κ2) is 12.5. The summed E-state index contributed by atoms with van der Waals surface area (Å²) >= 11 is -6.62. The molecule has 0 unspecified atom stereocenters. The molecule has 0 bridgehead atoms. The molecule has 0 spiro atoms. The minimum absolute atomic E-state index is 1.04. The second-order valence-corrected chi connectivity index (χ2v) is 31.6. The van der Waals surface area contributed by atoms with Crippen molar-refractivity contribution in [2.75, 3.05) is 0 Å². The van der Waals surface area contributed by atoms with Crippen LogP contribution in [0.1, 0.15) is 73.9 Å². The number of rotatable bonds is 12. The fourth-order valence-corrected chi connectivity index (χ4v) is 37.0.